The van der Waals surface area contributed by atoms with Crippen molar-refractivity contribution >= 4 is 23.4 Å². The van der Waals surface area contributed by atoms with Gasteiger partial charge >= 0.3 is 5.97 Å². The lowest BCUT2D eigenvalue weighted by molar-refractivity contribution is -0.385. The summed E-state index contributed by atoms with van der Waals surface area (Å²) in [5.74, 6) is -1.25. The van der Waals surface area contributed by atoms with Crippen LogP contribution in [0.5, 0.6) is 0 Å². The molecule has 1 aliphatic carbocycles. The number of carboxylic acids is 1. The van der Waals surface area contributed by atoms with Crippen molar-refractivity contribution in [3.05, 3.63) is 33.9 Å². The third-order valence-corrected chi connectivity index (χ3v) is 4.33. The van der Waals surface area contributed by atoms with Gasteiger partial charge in [-0.15, -0.1) is 11.8 Å². The van der Waals surface area contributed by atoms with Gasteiger partial charge in [-0.2, -0.15) is 0 Å². The van der Waals surface area contributed by atoms with Crippen molar-refractivity contribution in [2.45, 2.75) is 35.8 Å². The van der Waals surface area contributed by atoms with E-state index in [9.17, 15) is 14.9 Å². The van der Waals surface area contributed by atoms with Gasteiger partial charge in [-0.25, -0.2) is 4.79 Å². The number of hydrogen-bond acceptors (Lipinski definition) is 4. The number of aromatic carboxylic acids is 1. The van der Waals surface area contributed by atoms with Crippen molar-refractivity contribution in [3.63, 3.8) is 0 Å². The molecule has 1 fully saturated rings. The van der Waals surface area contributed by atoms with Crippen LogP contribution in [0.1, 0.15) is 36.0 Å². The number of benzene rings is 1. The molecule has 0 radical (unpaired) electrons. The molecule has 0 spiro atoms. The smallest absolute Gasteiger partial charge is 0.342 e. The van der Waals surface area contributed by atoms with Crippen molar-refractivity contribution in [3.8, 4) is 0 Å². The van der Waals surface area contributed by atoms with E-state index in [1.807, 2.05) is 0 Å². The van der Waals surface area contributed by atoms with Gasteiger partial charge in [0.15, 0.2) is 0 Å². The molecule has 0 atom stereocenters. The fraction of sp³-hybridized carbons (Fsp3) is 0.417. The monoisotopic (exact) mass is 267 g/mol. The lowest BCUT2D eigenvalue weighted by atomic mass is 10.2. The largest absolute Gasteiger partial charge is 0.477 e. The Morgan fingerprint density at radius 3 is 2.61 bits per heavy atom. The van der Waals surface area contributed by atoms with Gasteiger partial charge in [-0.05, 0) is 25.0 Å². The van der Waals surface area contributed by atoms with Gasteiger partial charge in [0.2, 0.25) is 0 Å². The summed E-state index contributed by atoms with van der Waals surface area (Å²) >= 11 is 1.62. The lowest BCUT2D eigenvalue weighted by Gasteiger charge is -2.09. The molecule has 96 valence electrons. The molecule has 1 saturated carbocycles. The average Bonchev–Trinajstić information content (AvgIpc) is 2.81. The van der Waals surface area contributed by atoms with Crippen LogP contribution in [-0.4, -0.2) is 21.2 Å². The van der Waals surface area contributed by atoms with E-state index in [0.29, 0.717) is 5.25 Å². The first-order chi connectivity index (χ1) is 8.58. The molecule has 1 aliphatic rings. The molecule has 0 saturated heterocycles. The Morgan fingerprint density at radius 2 is 2.06 bits per heavy atom. The van der Waals surface area contributed by atoms with Crippen molar-refractivity contribution in [2.24, 2.45) is 0 Å². The molecule has 0 amide bonds. The third-order valence-electron chi connectivity index (χ3n) is 3.00. The van der Waals surface area contributed by atoms with Crippen LogP contribution in [0.2, 0.25) is 0 Å². The zero-order valence-electron chi connectivity index (χ0n) is 9.67. The van der Waals surface area contributed by atoms with Crippen LogP contribution in [0, 0.1) is 10.1 Å². The number of nitro benzene ring substituents is 1. The minimum Gasteiger partial charge on any atom is -0.477 e. The van der Waals surface area contributed by atoms with Crippen molar-refractivity contribution in [1.29, 1.82) is 0 Å². The summed E-state index contributed by atoms with van der Waals surface area (Å²) in [6.07, 6.45) is 4.67. The fourth-order valence-electron chi connectivity index (χ4n) is 2.12. The third kappa shape index (κ3) is 2.81. The summed E-state index contributed by atoms with van der Waals surface area (Å²) in [6.45, 7) is 0. The summed E-state index contributed by atoms with van der Waals surface area (Å²) in [5, 5.41) is 20.2. The Labute approximate surface area is 108 Å². The maximum Gasteiger partial charge on any atom is 0.342 e. The summed E-state index contributed by atoms with van der Waals surface area (Å²) in [4.78, 5) is 21.9. The molecule has 0 bridgehead atoms. The summed E-state index contributed by atoms with van der Waals surface area (Å²) in [5.41, 5.74) is -0.582. The molecule has 5 nitrogen and oxygen atoms in total. The van der Waals surface area contributed by atoms with Crippen LogP contribution >= 0.6 is 11.8 Å². The molecule has 1 aromatic carbocycles. The number of thioether (sulfide) groups is 1. The van der Waals surface area contributed by atoms with Crippen LogP contribution in [-0.2, 0) is 0 Å². The Morgan fingerprint density at radius 1 is 1.39 bits per heavy atom. The SMILES string of the molecule is O=C(O)c1cc(SC2CCCC2)ccc1[N+](=O)[O-]. The Hall–Kier alpha value is -1.56. The minimum absolute atomic E-state index is 0.233. The van der Waals surface area contributed by atoms with E-state index in [-0.39, 0.29) is 11.3 Å². The molecule has 0 aliphatic heterocycles. The van der Waals surface area contributed by atoms with Gasteiger partial charge in [-0.1, -0.05) is 12.8 Å². The average molecular weight is 267 g/mol. The fourth-order valence-corrected chi connectivity index (χ4v) is 3.40. The molecule has 0 unspecified atom stereocenters. The highest BCUT2D eigenvalue weighted by Crippen LogP contribution is 2.36. The van der Waals surface area contributed by atoms with Gasteiger partial charge in [0, 0.05) is 16.2 Å². The maximum absolute atomic E-state index is 11.0. The molecule has 0 heterocycles. The van der Waals surface area contributed by atoms with E-state index in [4.69, 9.17) is 5.11 Å². The molecule has 18 heavy (non-hydrogen) atoms. The number of carbonyl (C=O) groups is 1. The molecule has 2 rings (SSSR count). The Bertz CT molecular complexity index is 483. The van der Waals surface area contributed by atoms with Gasteiger partial charge in [0.1, 0.15) is 5.56 Å². The minimum atomic E-state index is -1.25. The highest BCUT2D eigenvalue weighted by molar-refractivity contribution is 8.00. The van der Waals surface area contributed by atoms with E-state index in [1.165, 1.54) is 25.0 Å². The van der Waals surface area contributed by atoms with Gasteiger partial charge < -0.3 is 5.11 Å². The second kappa shape index (κ2) is 5.39. The molecule has 1 N–H and O–H groups in total. The molecular formula is C12H13NO4S. The number of nitro groups is 1. The Balaban J connectivity index is 2.24. The lowest BCUT2D eigenvalue weighted by Crippen LogP contribution is -2.03. The number of carboxylic acid groups (broad SMARTS) is 1. The maximum atomic E-state index is 11.0. The summed E-state index contributed by atoms with van der Waals surface area (Å²) < 4.78 is 0. The first-order valence-corrected chi connectivity index (χ1v) is 6.64. The summed E-state index contributed by atoms with van der Waals surface area (Å²) in [7, 11) is 0. The van der Waals surface area contributed by atoms with E-state index in [0.717, 1.165) is 17.7 Å². The number of rotatable bonds is 4. The first kappa shape index (κ1) is 12.9. The van der Waals surface area contributed by atoms with Crippen LogP contribution in [0.25, 0.3) is 0 Å². The van der Waals surface area contributed by atoms with Crippen LogP contribution < -0.4 is 0 Å². The van der Waals surface area contributed by atoms with E-state index < -0.39 is 10.9 Å². The Kier molecular flexibility index (Phi) is 3.86. The second-order valence-corrected chi connectivity index (χ2v) is 5.64. The van der Waals surface area contributed by atoms with E-state index in [2.05, 4.69) is 0 Å². The van der Waals surface area contributed by atoms with Gasteiger partial charge in [0.05, 0.1) is 4.92 Å². The molecule has 6 heteroatoms. The van der Waals surface area contributed by atoms with Crippen LogP contribution in [0.3, 0.4) is 0 Å². The topological polar surface area (TPSA) is 80.4 Å². The standard InChI is InChI=1S/C12H13NO4S/c14-12(15)10-7-9(5-6-11(10)13(16)17)18-8-3-1-2-4-8/h5-8H,1-4H2,(H,14,15). The highest BCUT2D eigenvalue weighted by atomic mass is 32.2. The highest BCUT2D eigenvalue weighted by Gasteiger charge is 2.22. The predicted molar refractivity (Wildman–Crippen MR) is 68.2 cm³/mol. The number of nitrogens with zero attached hydrogens (tertiary/aromatic N) is 1. The predicted octanol–water partition coefficient (Wildman–Crippen LogP) is 3.33. The first-order valence-electron chi connectivity index (χ1n) is 5.76. The van der Waals surface area contributed by atoms with Crippen molar-refractivity contribution < 1.29 is 14.8 Å². The quantitative estimate of drug-likeness (QED) is 0.668. The zero-order chi connectivity index (χ0) is 13.1. The van der Waals surface area contributed by atoms with Crippen LogP contribution in [0.15, 0.2) is 23.1 Å². The number of hydrogen-bond donors (Lipinski definition) is 1. The van der Waals surface area contributed by atoms with Crippen LogP contribution in [0.4, 0.5) is 5.69 Å². The molecule has 1 aromatic rings. The van der Waals surface area contributed by atoms with Gasteiger partial charge in [-0.3, -0.25) is 10.1 Å². The summed E-state index contributed by atoms with van der Waals surface area (Å²) in [6, 6.07) is 4.32. The zero-order valence-corrected chi connectivity index (χ0v) is 10.5. The van der Waals surface area contributed by atoms with E-state index in [1.54, 1.807) is 17.8 Å². The molecular weight excluding hydrogens is 254 g/mol. The van der Waals surface area contributed by atoms with E-state index >= 15 is 0 Å². The normalized spacial score (nSPS) is 15.8. The van der Waals surface area contributed by atoms with Crippen molar-refractivity contribution in [2.75, 3.05) is 0 Å². The van der Waals surface area contributed by atoms with Gasteiger partial charge in [0.25, 0.3) is 5.69 Å². The van der Waals surface area contributed by atoms with Crippen molar-refractivity contribution in [1.82, 2.24) is 0 Å². The second-order valence-electron chi connectivity index (χ2n) is 4.27. The molecule has 0 aromatic heterocycles.